The van der Waals surface area contributed by atoms with Gasteiger partial charge in [-0.2, -0.15) is 3.97 Å². The van der Waals surface area contributed by atoms with Crippen LogP contribution in [0.1, 0.15) is 25.0 Å². The summed E-state index contributed by atoms with van der Waals surface area (Å²) >= 11 is 0. The van der Waals surface area contributed by atoms with Gasteiger partial charge >= 0.3 is 11.7 Å². The Bertz CT molecular complexity index is 921. The Hall–Kier alpha value is -2.35. The van der Waals surface area contributed by atoms with Gasteiger partial charge in [0.2, 0.25) is 0 Å². The topological polar surface area (TPSA) is 81.4 Å². The van der Waals surface area contributed by atoms with Crippen LogP contribution in [0.2, 0.25) is 0 Å². The third-order valence-corrected chi connectivity index (χ3v) is 5.67. The molecule has 0 N–H and O–H groups in total. The SMILES string of the molecule is CCN(CC)C(=O)n1ccn(S(=O)(=O)c2ccc(C)c(C)c2)c1=O. The van der Waals surface area contributed by atoms with Crippen molar-refractivity contribution in [2.24, 2.45) is 0 Å². The summed E-state index contributed by atoms with van der Waals surface area (Å²) in [5.74, 6) is 0. The fourth-order valence-corrected chi connectivity index (χ4v) is 3.62. The Morgan fingerprint density at radius 3 is 2.25 bits per heavy atom. The van der Waals surface area contributed by atoms with Crippen LogP contribution in [-0.2, 0) is 10.0 Å². The molecule has 1 amide bonds. The fraction of sp³-hybridized carbons (Fsp3) is 0.375. The smallest absolute Gasteiger partial charge is 0.325 e. The first kappa shape index (κ1) is 18.0. The molecule has 0 fully saturated rings. The van der Waals surface area contributed by atoms with Gasteiger partial charge in [0.25, 0.3) is 10.0 Å². The van der Waals surface area contributed by atoms with E-state index in [9.17, 15) is 18.0 Å². The number of aromatic nitrogens is 2. The van der Waals surface area contributed by atoms with E-state index in [-0.39, 0.29) is 4.90 Å². The Balaban J connectivity index is 2.52. The maximum Gasteiger partial charge on any atom is 0.350 e. The molecule has 1 aromatic heterocycles. The molecule has 0 unspecified atom stereocenters. The highest BCUT2D eigenvalue weighted by Crippen LogP contribution is 2.16. The van der Waals surface area contributed by atoms with Crippen LogP contribution in [0.3, 0.4) is 0 Å². The van der Waals surface area contributed by atoms with Crippen LogP contribution in [0.5, 0.6) is 0 Å². The van der Waals surface area contributed by atoms with Crippen molar-refractivity contribution in [2.45, 2.75) is 32.6 Å². The van der Waals surface area contributed by atoms with Crippen molar-refractivity contribution in [3.8, 4) is 0 Å². The molecular formula is C16H21N3O4S. The summed E-state index contributed by atoms with van der Waals surface area (Å²) in [6.07, 6.45) is 2.29. The normalized spacial score (nSPS) is 11.5. The minimum atomic E-state index is -4.05. The number of nitrogens with zero attached hydrogens (tertiary/aromatic N) is 3. The van der Waals surface area contributed by atoms with Crippen LogP contribution in [0.25, 0.3) is 0 Å². The Morgan fingerprint density at radius 2 is 1.71 bits per heavy atom. The molecule has 1 heterocycles. The minimum absolute atomic E-state index is 0.0146. The number of hydrogen-bond acceptors (Lipinski definition) is 4. The summed E-state index contributed by atoms with van der Waals surface area (Å²) in [7, 11) is -4.05. The van der Waals surface area contributed by atoms with Gasteiger partial charge in [0.1, 0.15) is 0 Å². The highest BCUT2D eigenvalue weighted by molar-refractivity contribution is 7.90. The predicted octanol–water partition coefficient (Wildman–Crippen LogP) is 1.81. The van der Waals surface area contributed by atoms with E-state index in [4.69, 9.17) is 0 Å². The van der Waals surface area contributed by atoms with Crippen molar-refractivity contribution in [3.63, 3.8) is 0 Å². The molecule has 2 aromatic rings. The lowest BCUT2D eigenvalue weighted by Crippen LogP contribution is -2.40. The van der Waals surface area contributed by atoms with Crippen LogP contribution in [0.4, 0.5) is 4.79 Å². The molecule has 130 valence electrons. The van der Waals surface area contributed by atoms with E-state index in [0.29, 0.717) is 17.1 Å². The monoisotopic (exact) mass is 351 g/mol. The second-order valence-electron chi connectivity index (χ2n) is 5.45. The number of amides is 1. The molecule has 24 heavy (non-hydrogen) atoms. The fourth-order valence-electron chi connectivity index (χ4n) is 2.32. The molecule has 0 bridgehead atoms. The molecule has 0 saturated heterocycles. The van der Waals surface area contributed by atoms with Gasteiger partial charge in [-0.05, 0) is 51.0 Å². The van der Waals surface area contributed by atoms with Gasteiger partial charge in [-0.15, -0.1) is 0 Å². The summed E-state index contributed by atoms with van der Waals surface area (Å²) in [5.41, 5.74) is 0.864. The Labute approximate surface area is 141 Å². The van der Waals surface area contributed by atoms with Gasteiger partial charge in [0.15, 0.2) is 0 Å². The average Bonchev–Trinajstić information content (AvgIpc) is 2.93. The van der Waals surface area contributed by atoms with Crippen LogP contribution >= 0.6 is 0 Å². The molecule has 0 aliphatic rings. The maximum absolute atomic E-state index is 12.7. The summed E-state index contributed by atoms with van der Waals surface area (Å²) < 4.78 is 26.8. The molecule has 8 heteroatoms. The van der Waals surface area contributed by atoms with Crippen molar-refractivity contribution in [2.75, 3.05) is 13.1 Å². The molecule has 0 spiro atoms. The molecule has 1 aromatic carbocycles. The van der Waals surface area contributed by atoms with E-state index >= 15 is 0 Å². The standard InChI is InChI=1S/C16H21N3O4S/c1-5-17(6-2)15(20)18-9-10-19(16(18)21)24(22,23)14-8-7-12(3)13(4)11-14/h7-11H,5-6H2,1-4H3. The largest absolute Gasteiger partial charge is 0.350 e. The zero-order chi connectivity index (χ0) is 18.1. The van der Waals surface area contributed by atoms with Gasteiger partial charge in [-0.1, -0.05) is 6.07 Å². The maximum atomic E-state index is 12.7. The molecule has 7 nitrogen and oxygen atoms in total. The van der Waals surface area contributed by atoms with E-state index in [1.165, 1.54) is 23.2 Å². The first-order chi connectivity index (χ1) is 11.2. The molecule has 0 radical (unpaired) electrons. The third kappa shape index (κ3) is 3.01. The van der Waals surface area contributed by atoms with Crippen molar-refractivity contribution in [3.05, 3.63) is 52.2 Å². The van der Waals surface area contributed by atoms with E-state index < -0.39 is 21.7 Å². The van der Waals surface area contributed by atoms with Crippen molar-refractivity contribution < 1.29 is 13.2 Å². The van der Waals surface area contributed by atoms with Crippen molar-refractivity contribution in [1.29, 1.82) is 0 Å². The highest BCUT2D eigenvalue weighted by Gasteiger charge is 2.24. The van der Waals surface area contributed by atoms with Gasteiger partial charge < -0.3 is 4.90 Å². The van der Waals surface area contributed by atoms with Crippen molar-refractivity contribution in [1.82, 2.24) is 13.4 Å². The molecule has 2 rings (SSSR count). The zero-order valence-electron chi connectivity index (χ0n) is 14.2. The van der Waals surface area contributed by atoms with Gasteiger partial charge in [0, 0.05) is 25.5 Å². The van der Waals surface area contributed by atoms with E-state index in [1.807, 2.05) is 6.92 Å². The first-order valence-electron chi connectivity index (χ1n) is 7.66. The number of carbonyl (C=O) groups is 1. The van der Waals surface area contributed by atoms with Crippen LogP contribution < -0.4 is 5.69 Å². The number of rotatable bonds is 4. The summed E-state index contributed by atoms with van der Waals surface area (Å²) in [6.45, 7) is 8.10. The summed E-state index contributed by atoms with van der Waals surface area (Å²) in [6, 6.07) is 4.11. The van der Waals surface area contributed by atoms with E-state index in [1.54, 1.807) is 26.8 Å². The molecule has 0 saturated carbocycles. The Kier molecular flexibility index (Phi) is 4.98. The van der Waals surface area contributed by atoms with E-state index in [2.05, 4.69) is 0 Å². The van der Waals surface area contributed by atoms with Crippen molar-refractivity contribution >= 4 is 16.1 Å². The molecule has 0 atom stereocenters. The number of carbonyl (C=O) groups excluding carboxylic acids is 1. The van der Waals surface area contributed by atoms with Crippen LogP contribution in [0.15, 0.2) is 40.3 Å². The number of benzene rings is 1. The average molecular weight is 351 g/mol. The minimum Gasteiger partial charge on any atom is -0.325 e. The molecule has 0 aliphatic heterocycles. The van der Waals surface area contributed by atoms with Crippen LogP contribution in [0, 0.1) is 13.8 Å². The zero-order valence-corrected chi connectivity index (χ0v) is 15.0. The van der Waals surface area contributed by atoms with E-state index in [0.717, 1.165) is 21.9 Å². The third-order valence-electron chi connectivity index (χ3n) is 4.02. The lowest BCUT2D eigenvalue weighted by Gasteiger charge is -2.17. The summed E-state index contributed by atoms with van der Waals surface area (Å²) in [5, 5.41) is 0. The second-order valence-corrected chi connectivity index (χ2v) is 7.27. The Morgan fingerprint density at radius 1 is 1.08 bits per heavy atom. The number of imidazole rings is 1. The first-order valence-corrected chi connectivity index (χ1v) is 9.10. The van der Waals surface area contributed by atoms with Crippen LogP contribution in [-0.4, -0.2) is 41.0 Å². The number of aryl methyl sites for hydroxylation is 2. The van der Waals surface area contributed by atoms with Gasteiger partial charge in [-0.25, -0.2) is 22.6 Å². The predicted molar refractivity (Wildman–Crippen MR) is 90.9 cm³/mol. The number of hydrogen-bond donors (Lipinski definition) is 0. The van der Waals surface area contributed by atoms with Gasteiger partial charge in [-0.3, -0.25) is 0 Å². The lowest BCUT2D eigenvalue weighted by molar-refractivity contribution is 0.204. The molecular weight excluding hydrogens is 330 g/mol. The summed E-state index contributed by atoms with van der Waals surface area (Å²) in [4.78, 5) is 26.2. The lowest BCUT2D eigenvalue weighted by atomic mass is 10.1. The molecule has 0 aliphatic carbocycles. The van der Waals surface area contributed by atoms with Gasteiger partial charge in [0.05, 0.1) is 4.90 Å². The quantitative estimate of drug-likeness (QED) is 0.841. The highest BCUT2D eigenvalue weighted by atomic mass is 32.2. The second kappa shape index (κ2) is 6.64.